The number of aromatic nitrogens is 2. The molecule has 5 heteroatoms. The van der Waals surface area contributed by atoms with E-state index in [9.17, 15) is 0 Å². The molecule has 0 amide bonds. The molecule has 0 unspecified atom stereocenters. The van der Waals surface area contributed by atoms with Crippen LogP contribution in [0.15, 0.2) is 30.6 Å². The monoisotopic (exact) mass is 289 g/mol. The molecule has 1 heterocycles. The van der Waals surface area contributed by atoms with Crippen LogP contribution in [0.25, 0.3) is 5.69 Å². The molecule has 0 aliphatic heterocycles. The Bertz CT molecular complexity index is 566. The Morgan fingerprint density at radius 1 is 1.33 bits per heavy atom. The Labute approximate surface area is 125 Å². The van der Waals surface area contributed by atoms with Crippen molar-refractivity contribution in [1.82, 2.24) is 9.55 Å². The van der Waals surface area contributed by atoms with Crippen molar-refractivity contribution in [2.75, 3.05) is 32.2 Å². The predicted octanol–water partition coefficient (Wildman–Crippen LogP) is 3.03. The van der Waals surface area contributed by atoms with Gasteiger partial charge in [-0.2, -0.15) is 0 Å². The predicted molar refractivity (Wildman–Crippen MR) is 84.5 cm³/mol. The van der Waals surface area contributed by atoms with E-state index < -0.39 is 0 Å². The first-order valence-corrected chi connectivity index (χ1v) is 7.26. The van der Waals surface area contributed by atoms with Gasteiger partial charge < -0.3 is 14.8 Å². The Hall–Kier alpha value is -2.01. The minimum absolute atomic E-state index is 0.759. The van der Waals surface area contributed by atoms with Crippen molar-refractivity contribution in [2.24, 2.45) is 0 Å². The molecule has 21 heavy (non-hydrogen) atoms. The molecule has 1 aromatic carbocycles. The quantitative estimate of drug-likeness (QED) is 0.759. The van der Waals surface area contributed by atoms with E-state index in [0.29, 0.717) is 0 Å². The van der Waals surface area contributed by atoms with E-state index in [1.807, 2.05) is 29.8 Å². The van der Waals surface area contributed by atoms with Crippen LogP contribution in [0, 0.1) is 6.92 Å². The topological polar surface area (TPSA) is 48.3 Å². The lowest BCUT2D eigenvalue weighted by molar-refractivity contribution is 0.147. The number of hydrogen-bond acceptors (Lipinski definition) is 4. The van der Waals surface area contributed by atoms with Gasteiger partial charge in [-0.1, -0.05) is 6.07 Å². The van der Waals surface area contributed by atoms with Crippen molar-refractivity contribution in [3.8, 4) is 11.4 Å². The maximum atomic E-state index is 5.44. The van der Waals surface area contributed by atoms with E-state index in [4.69, 9.17) is 9.47 Å². The number of hydrogen-bond donors (Lipinski definition) is 1. The molecular weight excluding hydrogens is 266 g/mol. The molecule has 1 N–H and O–H groups in total. The van der Waals surface area contributed by atoms with E-state index in [1.54, 1.807) is 13.3 Å². The van der Waals surface area contributed by atoms with Crippen molar-refractivity contribution >= 4 is 5.95 Å². The van der Waals surface area contributed by atoms with Gasteiger partial charge in [-0.15, -0.1) is 0 Å². The summed E-state index contributed by atoms with van der Waals surface area (Å²) in [5, 5.41) is 3.34. The van der Waals surface area contributed by atoms with Gasteiger partial charge in [-0.3, -0.25) is 4.57 Å². The first-order chi connectivity index (χ1) is 10.3. The van der Waals surface area contributed by atoms with Crippen LogP contribution in [0.4, 0.5) is 5.95 Å². The van der Waals surface area contributed by atoms with Gasteiger partial charge in [0.1, 0.15) is 5.75 Å². The average Bonchev–Trinajstić information content (AvgIpc) is 2.95. The highest BCUT2D eigenvalue weighted by molar-refractivity contribution is 5.53. The second-order valence-corrected chi connectivity index (χ2v) is 4.77. The lowest BCUT2D eigenvalue weighted by Gasteiger charge is -2.14. The summed E-state index contributed by atoms with van der Waals surface area (Å²) in [4.78, 5) is 4.37. The summed E-state index contributed by atoms with van der Waals surface area (Å²) < 4.78 is 12.8. The maximum Gasteiger partial charge on any atom is 0.207 e. The SMILES string of the molecule is CCOCCCNc1nccn1-c1cc(C)ccc1OC. The summed E-state index contributed by atoms with van der Waals surface area (Å²) in [5.74, 6) is 1.64. The average molecular weight is 289 g/mol. The fourth-order valence-corrected chi connectivity index (χ4v) is 2.14. The van der Waals surface area contributed by atoms with Crippen LogP contribution in [0.5, 0.6) is 5.75 Å². The standard InChI is InChI=1S/C16H23N3O2/c1-4-21-11-5-8-17-16-18-9-10-19(16)14-12-13(2)6-7-15(14)20-3/h6-7,9-10,12H,4-5,8,11H2,1-3H3,(H,17,18). The van der Waals surface area contributed by atoms with Gasteiger partial charge in [0, 0.05) is 32.2 Å². The van der Waals surface area contributed by atoms with Gasteiger partial charge in [-0.05, 0) is 38.0 Å². The Morgan fingerprint density at radius 3 is 2.95 bits per heavy atom. The number of aryl methyl sites for hydroxylation is 1. The lowest BCUT2D eigenvalue weighted by Crippen LogP contribution is -2.10. The molecule has 2 aromatic rings. The largest absolute Gasteiger partial charge is 0.495 e. The zero-order valence-electron chi connectivity index (χ0n) is 12.9. The molecule has 0 bridgehead atoms. The molecule has 0 saturated carbocycles. The van der Waals surface area contributed by atoms with Crippen molar-refractivity contribution in [3.63, 3.8) is 0 Å². The highest BCUT2D eigenvalue weighted by atomic mass is 16.5. The smallest absolute Gasteiger partial charge is 0.207 e. The van der Waals surface area contributed by atoms with Crippen LogP contribution < -0.4 is 10.1 Å². The number of imidazole rings is 1. The normalized spacial score (nSPS) is 10.6. The molecule has 1 aromatic heterocycles. The number of nitrogens with zero attached hydrogens (tertiary/aromatic N) is 2. The number of anilines is 1. The van der Waals surface area contributed by atoms with Crippen molar-refractivity contribution < 1.29 is 9.47 Å². The molecule has 0 spiro atoms. The van der Waals surface area contributed by atoms with Crippen molar-refractivity contribution in [1.29, 1.82) is 0 Å². The van der Waals surface area contributed by atoms with E-state index in [1.165, 1.54) is 5.56 Å². The summed E-state index contributed by atoms with van der Waals surface area (Å²) in [6.45, 7) is 6.41. The van der Waals surface area contributed by atoms with Gasteiger partial charge >= 0.3 is 0 Å². The number of benzene rings is 1. The van der Waals surface area contributed by atoms with Crippen molar-refractivity contribution in [2.45, 2.75) is 20.3 Å². The third-order valence-electron chi connectivity index (χ3n) is 3.19. The third kappa shape index (κ3) is 3.98. The molecule has 0 atom stereocenters. The molecule has 5 nitrogen and oxygen atoms in total. The summed E-state index contributed by atoms with van der Waals surface area (Å²) in [6.07, 6.45) is 4.67. The van der Waals surface area contributed by atoms with E-state index in [-0.39, 0.29) is 0 Å². The fraction of sp³-hybridized carbons (Fsp3) is 0.438. The van der Waals surface area contributed by atoms with Crippen LogP contribution in [0.2, 0.25) is 0 Å². The van der Waals surface area contributed by atoms with Gasteiger partial charge in [0.25, 0.3) is 0 Å². The minimum atomic E-state index is 0.759. The molecule has 0 aliphatic rings. The Morgan fingerprint density at radius 2 is 2.19 bits per heavy atom. The zero-order valence-corrected chi connectivity index (χ0v) is 12.9. The van der Waals surface area contributed by atoms with Crippen LogP contribution in [-0.2, 0) is 4.74 Å². The number of ether oxygens (including phenoxy) is 2. The second-order valence-electron chi connectivity index (χ2n) is 4.77. The van der Waals surface area contributed by atoms with E-state index in [0.717, 1.165) is 43.6 Å². The van der Waals surface area contributed by atoms with Crippen LogP contribution in [0.1, 0.15) is 18.9 Å². The van der Waals surface area contributed by atoms with Gasteiger partial charge in [0.15, 0.2) is 0 Å². The van der Waals surface area contributed by atoms with E-state index in [2.05, 4.69) is 23.3 Å². The summed E-state index contributed by atoms with van der Waals surface area (Å²) in [5.41, 5.74) is 2.17. The molecule has 0 saturated heterocycles. The first kappa shape index (κ1) is 15.4. The molecule has 0 fully saturated rings. The summed E-state index contributed by atoms with van der Waals surface area (Å²) >= 11 is 0. The molecule has 114 valence electrons. The number of methoxy groups -OCH3 is 1. The Kier molecular flexibility index (Phi) is 5.63. The summed E-state index contributed by atoms with van der Waals surface area (Å²) in [7, 11) is 1.68. The van der Waals surface area contributed by atoms with Crippen LogP contribution in [-0.4, -0.2) is 36.4 Å². The Balaban J connectivity index is 2.11. The maximum absolute atomic E-state index is 5.44. The minimum Gasteiger partial charge on any atom is -0.495 e. The summed E-state index contributed by atoms with van der Waals surface area (Å²) in [6, 6.07) is 6.10. The van der Waals surface area contributed by atoms with Crippen LogP contribution >= 0.6 is 0 Å². The number of nitrogens with one attached hydrogen (secondary N) is 1. The molecule has 2 rings (SSSR count). The molecule has 0 radical (unpaired) electrons. The molecular formula is C16H23N3O2. The van der Waals surface area contributed by atoms with Gasteiger partial charge in [0.05, 0.1) is 12.8 Å². The highest BCUT2D eigenvalue weighted by Crippen LogP contribution is 2.26. The molecule has 0 aliphatic carbocycles. The lowest BCUT2D eigenvalue weighted by atomic mass is 10.2. The first-order valence-electron chi connectivity index (χ1n) is 7.26. The number of rotatable bonds is 8. The second kappa shape index (κ2) is 7.69. The van der Waals surface area contributed by atoms with Gasteiger partial charge in [-0.25, -0.2) is 4.98 Å². The fourth-order valence-electron chi connectivity index (χ4n) is 2.14. The highest BCUT2D eigenvalue weighted by Gasteiger charge is 2.09. The van der Waals surface area contributed by atoms with E-state index >= 15 is 0 Å². The van der Waals surface area contributed by atoms with Gasteiger partial charge in [0.2, 0.25) is 5.95 Å². The van der Waals surface area contributed by atoms with Crippen LogP contribution in [0.3, 0.4) is 0 Å². The van der Waals surface area contributed by atoms with Crippen molar-refractivity contribution in [3.05, 3.63) is 36.2 Å². The third-order valence-corrected chi connectivity index (χ3v) is 3.19. The zero-order chi connectivity index (χ0) is 15.1.